The van der Waals surface area contributed by atoms with E-state index in [9.17, 15) is 14.7 Å². The second kappa shape index (κ2) is 5.44. The zero-order valence-electron chi connectivity index (χ0n) is 10.2. The molecule has 0 radical (unpaired) electrons. The number of carbonyl (C=O) groups excluding carboxylic acids is 2. The van der Waals surface area contributed by atoms with E-state index in [4.69, 9.17) is 0 Å². The van der Waals surface area contributed by atoms with Crippen LogP contribution >= 0.6 is 11.3 Å². The Morgan fingerprint density at radius 2 is 2.33 bits per heavy atom. The lowest BCUT2D eigenvalue weighted by molar-refractivity contribution is -0.122. The molecule has 1 N–H and O–H groups in total. The predicted octanol–water partition coefficient (Wildman–Crippen LogP) is 2.77. The van der Waals surface area contributed by atoms with Crippen molar-refractivity contribution in [2.45, 2.75) is 38.5 Å². The Balaban J connectivity index is 2.22. The van der Waals surface area contributed by atoms with Gasteiger partial charge in [-0.25, -0.2) is 4.98 Å². The number of carbonyl (C=O) groups is 2. The molecule has 0 spiro atoms. The van der Waals surface area contributed by atoms with Gasteiger partial charge in [0.15, 0.2) is 11.6 Å². The summed E-state index contributed by atoms with van der Waals surface area (Å²) in [6.45, 7) is 1.88. The van der Waals surface area contributed by atoms with Crippen molar-refractivity contribution in [1.29, 1.82) is 0 Å². The van der Waals surface area contributed by atoms with E-state index in [-0.39, 0.29) is 35.2 Å². The number of allylic oxidation sites excluding steroid dienone is 2. The van der Waals surface area contributed by atoms with E-state index in [1.165, 1.54) is 11.3 Å². The fourth-order valence-corrected chi connectivity index (χ4v) is 2.92. The van der Waals surface area contributed by atoms with Crippen molar-refractivity contribution in [3.63, 3.8) is 0 Å². The van der Waals surface area contributed by atoms with Crippen molar-refractivity contribution in [2.24, 2.45) is 0 Å². The van der Waals surface area contributed by atoms with E-state index in [0.29, 0.717) is 19.3 Å². The van der Waals surface area contributed by atoms with Gasteiger partial charge in [0, 0.05) is 36.8 Å². The number of ketones is 2. The minimum Gasteiger partial charge on any atom is -0.511 e. The fourth-order valence-electron chi connectivity index (χ4n) is 2.17. The lowest BCUT2D eigenvalue weighted by Crippen LogP contribution is -2.23. The number of rotatable bonds is 4. The van der Waals surface area contributed by atoms with Crippen molar-refractivity contribution in [3.05, 3.63) is 27.9 Å². The van der Waals surface area contributed by atoms with Crippen molar-refractivity contribution >= 4 is 22.9 Å². The van der Waals surface area contributed by atoms with E-state index in [1.807, 2.05) is 12.3 Å². The van der Waals surface area contributed by atoms with Gasteiger partial charge in [-0.3, -0.25) is 9.59 Å². The molecule has 96 valence electrons. The molecule has 1 aliphatic carbocycles. The van der Waals surface area contributed by atoms with Crippen LogP contribution in [0, 0.1) is 0 Å². The number of thiazole rings is 1. The number of aliphatic hydroxyl groups is 1. The maximum Gasteiger partial charge on any atom is 0.170 e. The molecular formula is C13H15NO3S. The molecule has 0 bridgehead atoms. The molecule has 4 nitrogen and oxygen atoms in total. The Hall–Kier alpha value is -1.49. The number of hydrogen-bond acceptors (Lipinski definition) is 5. The van der Waals surface area contributed by atoms with Crippen LogP contribution in [-0.2, 0) is 9.59 Å². The van der Waals surface area contributed by atoms with Crippen molar-refractivity contribution < 1.29 is 14.7 Å². The van der Waals surface area contributed by atoms with Crippen molar-refractivity contribution in [2.75, 3.05) is 0 Å². The quantitative estimate of drug-likeness (QED) is 0.850. The molecule has 0 amide bonds. The summed E-state index contributed by atoms with van der Waals surface area (Å²) in [5.41, 5.74) is 0.0182. The zero-order valence-corrected chi connectivity index (χ0v) is 11.0. The van der Waals surface area contributed by atoms with E-state index in [1.54, 1.807) is 6.20 Å². The summed E-state index contributed by atoms with van der Waals surface area (Å²) < 4.78 is 0. The van der Waals surface area contributed by atoms with Gasteiger partial charge in [0.1, 0.15) is 5.76 Å². The maximum absolute atomic E-state index is 12.0. The van der Waals surface area contributed by atoms with Crippen LogP contribution in [0.2, 0.25) is 0 Å². The predicted molar refractivity (Wildman–Crippen MR) is 68.7 cm³/mol. The Morgan fingerprint density at radius 1 is 1.56 bits per heavy atom. The van der Waals surface area contributed by atoms with Crippen LogP contribution in [0.15, 0.2) is 22.9 Å². The second-order valence-corrected chi connectivity index (χ2v) is 5.32. The normalized spacial score (nSPS) is 20.3. The van der Waals surface area contributed by atoms with Crippen LogP contribution in [0.4, 0.5) is 0 Å². The molecule has 18 heavy (non-hydrogen) atoms. The van der Waals surface area contributed by atoms with Crippen LogP contribution in [0.25, 0.3) is 0 Å². The second-order valence-electron chi connectivity index (χ2n) is 4.39. The van der Waals surface area contributed by atoms with Gasteiger partial charge in [-0.05, 0) is 6.42 Å². The van der Waals surface area contributed by atoms with E-state index >= 15 is 0 Å². The first kappa shape index (κ1) is 13.0. The molecule has 0 fully saturated rings. The minimum absolute atomic E-state index is 0.0182. The third-order valence-corrected chi connectivity index (χ3v) is 3.93. The summed E-state index contributed by atoms with van der Waals surface area (Å²) in [4.78, 5) is 27.9. The van der Waals surface area contributed by atoms with Gasteiger partial charge >= 0.3 is 0 Å². The lowest BCUT2D eigenvalue weighted by atomic mass is 9.85. The Kier molecular flexibility index (Phi) is 3.91. The first-order valence-corrected chi connectivity index (χ1v) is 6.89. The number of aromatic nitrogens is 1. The van der Waals surface area contributed by atoms with Crippen LogP contribution in [0.3, 0.4) is 0 Å². The average Bonchev–Trinajstić information content (AvgIpc) is 2.81. The number of nitrogens with zero attached hydrogens (tertiary/aromatic N) is 1. The summed E-state index contributed by atoms with van der Waals surface area (Å²) >= 11 is 1.47. The van der Waals surface area contributed by atoms with Crippen molar-refractivity contribution in [3.8, 4) is 0 Å². The van der Waals surface area contributed by atoms with Gasteiger partial charge in [0.05, 0.1) is 10.6 Å². The van der Waals surface area contributed by atoms with Crippen LogP contribution in [0.5, 0.6) is 0 Å². The molecule has 1 unspecified atom stereocenters. The zero-order chi connectivity index (χ0) is 13.1. The average molecular weight is 265 g/mol. The highest BCUT2D eigenvalue weighted by Crippen LogP contribution is 2.34. The molecule has 0 aromatic carbocycles. The van der Waals surface area contributed by atoms with Gasteiger partial charge in [-0.15, -0.1) is 11.3 Å². The van der Waals surface area contributed by atoms with E-state index in [0.717, 1.165) is 5.01 Å². The molecule has 5 heteroatoms. The molecule has 0 saturated heterocycles. The molecule has 0 saturated carbocycles. The first-order chi connectivity index (χ1) is 8.63. The first-order valence-electron chi connectivity index (χ1n) is 6.01. The third kappa shape index (κ3) is 2.51. The largest absolute Gasteiger partial charge is 0.511 e. The third-order valence-electron chi connectivity index (χ3n) is 3.00. The Morgan fingerprint density at radius 3 is 2.89 bits per heavy atom. The number of aliphatic hydroxyl groups excluding tert-OH is 1. The molecule has 1 aliphatic rings. The Labute approximate surface area is 109 Å². The van der Waals surface area contributed by atoms with Crippen molar-refractivity contribution in [1.82, 2.24) is 4.98 Å². The smallest absolute Gasteiger partial charge is 0.170 e. The van der Waals surface area contributed by atoms with Gasteiger partial charge < -0.3 is 5.11 Å². The molecule has 2 rings (SSSR count). The summed E-state index contributed by atoms with van der Waals surface area (Å²) in [7, 11) is 0. The standard InChI is InChI=1S/C13H15NO3S/c1-2-3-9(15)12-10(16)6-8(7-11(12)17)13-14-4-5-18-13/h4-5,8,16H,2-3,6-7H2,1H3. The highest BCUT2D eigenvalue weighted by atomic mass is 32.1. The monoisotopic (exact) mass is 265 g/mol. The van der Waals surface area contributed by atoms with E-state index < -0.39 is 0 Å². The van der Waals surface area contributed by atoms with Crippen LogP contribution in [-0.4, -0.2) is 21.7 Å². The Bertz CT molecular complexity index is 490. The number of hydrogen-bond donors (Lipinski definition) is 1. The summed E-state index contributed by atoms with van der Waals surface area (Å²) in [5.74, 6) is -0.643. The maximum atomic E-state index is 12.0. The molecule has 1 aromatic rings. The lowest BCUT2D eigenvalue weighted by Gasteiger charge is -2.21. The van der Waals surface area contributed by atoms with Crippen LogP contribution in [0.1, 0.15) is 43.5 Å². The number of Topliss-reactive ketones (excluding diaryl/α,β-unsaturated/α-hetero) is 2. The highest BCUT2D eigenvalue weighted by Gasteiger charge is 2.32. The summed E-state index contributed by atoms with van der Waals surface area (Å²) in [6, 6.07) is 0. The van der Waals surface area contributed by atoms with Gasteiger partial charge in [-0.1, -0.05) is 6.92 Å². The fraction of sp³-hybridized carbons (Fsp3) is 0.462. The highest BCUT2D eigenvalue weighted by molar-refractivity contribution is 7.09. The van der Waals surface area contributed by atoms with Gasteiger partial charge in [0.25, 0.3) is 0 Å². The minimum atomic E-state index is -0.252. The molecule has 1 aromatic heterocycles. The van der Waals surface area contributed by atoms with E-state index in [2.05, 4.69) is 4.98 Å². The summed E-state index contributed by atoms with van der Waals surface area (Å²) in [5, 5.41) is 12.6. The topological polar surface area (TPSA) is 67.3 Å². The van der Waals surface area contributed by atoms with Crippen LogP contribution < -0.4 is 0 Å². The molecule has 0 aliphatic heterocycles. The van der Waals surface area contributed by atoms with Gasteiger partial charge in [-0.2, -0.15) is 0 Å². The molecule has 1 heterocycles. The summed E-state index contributed by atoms with van der Waals surface area (Å²) in [6.07, 6.45) is 3.28. The molecule has 1 atom stereocenters. The SMILES string of the molecule is CCCC(=O)C1=C(O)CC(c2nccs2)CC1=O. The molecular weight excluding hydrogens is 250 g/mol. The van der Waals surface area contributed by atoms with Gasteiger partial charge in [0.2, 0.25) is 0 Å².